The summed E-state index contributed by atoms with van der Waals surface area (Å²) in [7, 11) is 0. The summed E-state index contributed by atoms with van der Waals surface area (Å²) < 4.78 is 0. The molecule has 1 fully saturated rings. The smallest absolute Gasteiger partial charge is 0.257 e. The molecular weight excluding hydrogens is 304 g/mol. The maximum Gasteiger partial charge on any atom is 0.257 e. The third-order valence-electron chi connectivity index (χ3n) is 4.48. The fourth-order valence-electron chi connectivity index (χ4n) is 3.10. The van der Waals surface area contributed by atoms with E-state index in [1.54, 1.807) is 12.4 Å². The first-order chi connectivity index (χ1) is 11.7. The molecule has 3 heterocycles. The maximum atomic E-state index is 12.6. The van der Waals surface area contributed by atoms with Gasteiger partial charge < -0.3 is 9.80 Å². The van der Waals surface area contributed by atoms with E-state index in [0.717, 1.165) is 35.4 Å². The summed E-state index contributed by atoms with van der Waals surface area (Å²) in [5, 5.41) is 17.4. The number of fused-ring (bicyclic) bond motifs is 1. The molecule has 1 aliphatic heterocycles. The largest absolute Gasteiger partial charge is 0.351 e. The summed E-state index contributed by atoms with van der Waals surface area (Å²) in [5.74, 6) is 0.921. The number of amides is 1. The third-order valence-corrected chi connectivity index (χ3v) is 4.48. The van der Waals surface area contributed by atoms with Crippen molar-refractivity contribution in [1.82, 2.24) is 25.3 Å². The van der Waals surface area contributed by atoms with Crippen molar-refractivity contribution in [3.63, 3.8) is 0 Å². The molecule has 7 nitrogen and oxygen atoms in total. The van der Waals surface area contributed by atoms with Crippen molar-refractivity contribution in [2.24, 2.45) is 0 Å². The van der Waals surface area contributed by atoms with Gasteiger partial charge in [0.1, 0.15) is 0 Å². The van der Waals surface area contributed by atoms with E-state index in [9.17, 15) is 4.79 Å². The van der Waals surface area contributed by atoms with Gasteiger partial charge in [-0.15, -0.1) is 5.10 Å². The number of hydrogen-bond donors (Lipinski definition) is 1. The number of H-pyrrole nitrogens is 1. The highest BCUT2D eigenvalue weighted by molar-refractivity contribution is 5.95. The number of nitrogens with zero attached hydrogens (tertiary/aromatic N) is 5. The van der Waals surface area contributed by atoms with Crippen LogP contribution in [0.25, 0.3) is 10.8 Å². The Morgan fingerprint density at radius 3 is 2.67 bits per heavy atom. The molecule has 0 unspecified atom stereocenters. The van der Waals surface area contributed by atoms with E-state index in [0.29, 0.717) is 18.7 Å². The number of hydrogen-bond acceptors (Lipinski definition) is 5. The molecule has 2 aromatic heterocycles. The monoisotopic (exact) mass is 322 g/mol. The summed E-state index contributed by atoms with van der Waals surface area (Å²) >= 11 is 0. The van der Waals surface area contributed by atoms with Gasteiger partial charge in [-0.1, -0.05) is 24.3 Å². The number of piperazine rings is 1. The Balaban J connectivity index is 1.52. The van der Waals surface area contributed by atoms with E-state index in [2.05, 4.69) is 31.4 Å². The Labute approximate surface area is 139 Å². The van der Waals surface area contributed by atoms with Gasteiger partial charge in [0.15, 0.2) is 5.82 Å². The van der Waals surface area contributed by atoms with Gasteiger partial charge >= 0.3 is 0 Å². The molecule has 1 aliphatic rings. The molecule has 0 spiro atoms. The molecule has 1 amide bonds. The fourth-order valence-corrected chi connectivity index (χ4v) is 3.10. The second-order valence-electron chi connectivity index (χ2n) is 5.94. The molecule has 0 aliphatic carbocycles. The standard InChI is InChI=1S/C17H18N6O/c1-12-15(11-19-20-12)17(24)23-8-6-22(7-9-23)16-14-5-3-2-4-13(14)10-18-21-16/h2-5,10-11H,6-9H2,1H3,(H,19,20). The van der Waals surface area contributed by atoms with Gasteiger partial charge in [-0.2, -0.15) is 10.2 Å². The number of carbonyl (C=O) groups excluding carboxylic acids is 1. The molecule has 1 saturated heterocycles. The number of aromatic amines is 1. The number of benzene rings is 1. The van der Waals surface area contributed by atoms with Crippen LogP contribution < -0.4 is 4.90 Å². The average Bonchev–Trinajstić information content (AvgIpc) is 3.07. The zero-order valence-electron chi connectivity index (χ0n) is 13.4. The normalized spacial score (nSPS) is 15.0. The highest BCUT2D eigenvalue weighted by Crippen LogP contribution is 2.24. The van der Waals surface area contributed by atoms with Gasteiger partial charge in [-0.25, -0.2) is 0 Å². The summed E-state index contributed by atoms with van der Waals surface area (Å²) in [6.45, 7) is 4.67. The van der Waals surface area contributed by atoms with E-state index in [-0.39, 0.29) is 5.91 Å². The number of aromatic nitrogens is 4. The van der Waals surface area contributed by atoms with Crippen molar-refractivity contribution in [1.29, 1.82) is 0 Å². The highest BCUT2D eigenvalue weighted by atomic mass is 16.2. The summed E-state index contributed by atoms with van der Waals surface area (Å²) in [6, 6.07) is 8.10. The molecule has 7 heteroatoms. The van der Waals surface area contributed by atoms with Crippen LogP contribution >= 0.6 is 0 Å². The second kappa shape index (κ2) is 5.92. The van der Waals surface area contributed by atoms with Crippen molar-refractivity contribution in [3.05, 3.63) is 47.9 Å². The van der Waals surface area contributed by atoms with Gasteiger partial charge in [0.2, 0.25) is 0 Å². The van der Waals surface area contributed by atoms with Crippen molar-refractivity contribution in [2.45, 2.75) is 6.92 Å². The Morgan fingerprint density at radius 2 is 1.92 bits per heavy atom. The van der Waals surface area contributed by atoms with Gasteiger partial charge in [0.05, 0.1) is 18.0 Å². The molecule has 0 bridgehead atoms. The molecule has 24 heavy (non-hydrogen) atoms. The zero-order chi connectivity index (χ0) is 16.5. The molecule has 0 radical (unpaired) electrons. The van der Waals surface area contributed by atoms with E-state index >= 15 is 0 Å². The van der Waals surface area contributed by atoms with E-state index in [1.165, 1.54) is 0 Å². The number of anilines is 1. The lowest BCUT2D eigenvalue weighted by molar-refractivity contribution is 0.0746. The minimum absolute atomic E-state index is 0.0323. The molecular formula is C17H18N6O. The second-order valence-corrected chi connectivity index (χ2v) is 5.94. The van der Waals surface area contributed by atoms with Crippen molar-refractivity contribution in [2.75, 3.05) is 31.1 Å². The first-order valence-corrected chi connectivity index (χ1v) is 7.98. The Morgan fingerprint density at radius 1 is 1.12 bits per heavy atom. The lowest BCUT2D eigenvalue weighted by Crippen LogP contribution is -2.49. The van der Waals surface area contributed by atoms with Crippen LogP contribution in [-0.4, -0.2) is 57.4 Å². The van der Waals surface area contributed by atoms with Crippen LogP contribution in [0.1, 0.15) is 16.1 Å². The summed E-state index contributed by atoms with van der Waals surface area (Å²) in [6.07, 6.45) is 3.38. The minimum atomic E-state index is 0.0323. The molecule has 1 aromatic carbocycles. The molecule has 0 saturated carbocycles. The molecule has 1 N–H and O–H groups in total. The third kappa shape index (κ3) is 2.47. The average molecular weight is 322 g/mol. The lowest BCUT2D eigenvalue weighted by atomic mass is 10.1. The Kier molecular flexibility index (Phi) is 3.60. The molecule has 0 atom stereocenters. The van der Waals surface area contributed by atoms with Gasteiger partial charge in [-0.05, 0) is 6.92 Å². The van der Waals surface area contributed by atoms with Crippen molar-refractivity contribution < 1.29 is 4.79 Å². The summed E-state index contributed by atoms with van der Waals surface area (Å²) in [5.41, 5.74) is 1.45. The topological polar surface area (TPSA) is 78.0 Å². The first kappa shape index (κ1) is 14.6. The number of rotatable bonds is 2. The SMILES string of the molecule is Cc1[nH]ncc1C(=O)N1CCN(c2nncc3ccccc23)CC1. The van der Waals surface area contributed by atoms with Gasteiger partial charge in [0.25, 0.3) is 5.91 Å². The summed E-state index contributed by atoms with van der Waals surface area (Å²) in [4.78, 5) is 16.6. The predicted molar refractivity (Wildman–Crippen MR) is 91.0 cm³/mol. The molecule has 4 rings (SSSR count). The van der Waals surface area contributed by atoms with Crippen LogP contribution in [0.15, 0.2) is 36.7 Å². The van der Waals surface area contributed by atoms with Gasteiger partial charge in [-0.3, -0.25) is 9.89 Å². The fraction of sp³-hybridized carbons (Fsp3) is 0.294. The number of nitrogens with one attached hydrogen (secondary N) is 1. The molecule has 3 aromatic rings. The number of aryl methyl sites for hydroxylation is 1. The lowest BCUT2D eigenvalue weighted by Gasteiger charge is -2.35. The Hall–Kier alpha value is -2.96. The van der Waals surface area contributed by atoms with Crippen LogP contribution in [0.2, 0.25) is 0 Å². The van der Waals surface area contributed by atoms with Crippen molar-refractivity contribution >= 4 is 22.5 Å². The van der Waals surface area contributed by atoms with Crippen LogP contribution in [0.4, 0.5) is 5.82 Å². The quantitative estimate of drug-likeness (QED) is 0.776. The number of carbonyl (C=O) groups is 1. The minimum Gasteiger partial charge on any atom is -0.351 e. The van der Waals surface area contributed by atoms with Crippen LogP contribution in [0.5, 0.6) is 0 Å². The van der Waals surface area contributed by atoms with Gasteiger partial charge in [0, 0.05) is 42.6 Å². The highest BCUT2D eigenvalue weighted by Gasteiger charge is 2.25. The first-order valence-electron chi connectivity index (χ1n) is 7.98. The van der Waals surface area contributed by atoms with Crippen LogP contribution in [0.3, 0.4) is 0 Å². The van der Waals surface area contributed by atoms with E-state index in [4.69, 9.17) is 0 Å². The zero-order valence-corrected chi connectivity index (χ0v) is 13.4. The predicted octanol–water partition coefficient (Wildman–Crippen LogP) is 1.62. The van der Waals surface area contributed by atoms with E-state index < -0.39 is 0 Å². The molecule has 122 valence electrons. The van der Waals surface area contributed by atoms with Crippen molar-refractivity contribution in [3.8, 4) is 0 Å². The van der Waals surface area contributed by atoms with Crippen LogP contribution in [-0.2, 0) is 0 Å². The Bertz CT molecular complexity index is 876. The van der Waals surface area contributed by atoms with Crippen LogP contribution in [0, 0.1) is 6.92 Å². The van der Waals surface area contributed by atoms with E-state index in [1.807, 2.05) is 30.0 Å². The maximum absolute atomic E-state index is 12.6.